The molecule has 1 aliphatic rings. The van der Waals surface area contributed by atoms with Crippen LogP contribution in [-0.4, -0.2) is 40.7 Å². The number of rotatable bonds is 5. The fourth-order valence-electron chi connectivity index (χ4n) is 2.20. The largest absolute Gasteiger partial charge is 0.480 e. The molecular formula is C12H22N2O3S. The number of aliphatic carboxylic acids is 1. The highest BCUT2D eigenvalue weighted by molar-refractivity contribution is 8.00. The highest BCUT2D eigenvalue weighted by Crippen LogP contribution is 2.37. The summed E-state index contributed by atoms with van der Waals surface area (Å²) in [6, 6.07) is -1.26. The third-order valence-electron chi connectivity index (χ3n) is 3.49. The Morgan fingerprint density at radius 2 is 1.94 bits per heavy atom. The van der Waals surface area contributed by atoms with Gasteiger partial charge in [0.15, 0.2) is 0 Å². The molecule has 2 amide bonds. The third-order valence-corrected chi connectivity index (χ3v) is 4.91. The van der Waals surface area contributed by atoms with Crippen molar-refractivity contribution < 1.29 is 14.7 Å². The lowest BCUT2D eigenvalue weighted by Gasteiger charge is -2.35. The maximum absolute atomic E-state index is 11.6. The highest BCUT2D eigenvalue weighted by atomic mass is 32.2. The van der Waals surface area contributed by atoms with Crippen molar-refractivity contribution in [2.75, 3.05) is 12.8 Å². The van der Waals surface area contributed by atoms with Gasteiger partial charge in [-0.2, -0.15) is 11.8 Å². The zero-order valence-electron chi connectivity index (χ0n) is 11.0. The topological polar surface area (TPSA) is 78.4 Å². The average molecular weight is 274 g/mol. The summed E-state index contributed by atoms with van der Waals surface area (Å²) in [4.78, 5) is 22.2. The SMILES string of the molecule is CSC1(CNC(=O)N[C@@H](C)C(=O)O)CCCCC1. The minimum absolute atomic E-state index is 0.127. The Labute approximate surface area is 112 Å². The van der Waals surface area contributed by atoms with Crippen LogP contribution in [0.2, 0.25) is 0 Å². The second-order valence-corrected chi connectivity index (χ2v) is 6.11. The summed E-state index contributed by atoms with van der Waals surface area (Å²) in [7, 11) is 0. The lowest BCUT2D eigenvalue weighted by molar-refractivity contribution is -0.138. The van der Waals surface area contributed by atoms with Crippen LogP contribution in [0, 0.1) is 0 Å². The molecule has 0 bridgehead atoms. The van der Waals surface area contributed by atoms with Gasteiger partial charge in [0, 0.05) is 11.3 Å². The smallest absolute Gasteiger partial charge is 0.325 e. The zero-order valence-corrected chi connectivity index (χ0v) is 11.8. The van der Waals surface area contributed by atoms with E-state index in [0.717, 1.165) is 12.8 Å². The number of amides is 2. The van der Waals surface area contributed by atoms with Gasteiger partial charge in [-0.25, -0.2) is 4.79 Å². The molecule has 0 heterocycles. The van der Waals surface area contributed by atoms with Crippen molar-refractivity contribution in [3.63, 3.8) is 0 Å². The molecular weight excluding hydrogens is 252 g/mol. The van der Waals surface area contributed by atoms with Crippen molar-refractivity contribution in [1.82, 2.24) is 10.6 Å². The second kappa shape index (κ2) is 6.87. The van der Waals surface area contributed by atoms with E-state index in [1.165, 1.54) is 26.2 Å². The van der Waals surface area contributed by atoms with E-state index < -0.39 is 18.0 Å². The maximum atomic E-state index is 11.6. The van der Waals surface area contributed by atoms with Crippen LogP contribution < -0.4 is 10.6 Å². The first-order chi connectivity index (χ1) is 8.49. The number of hydrogen-bond donors (Lipinski definition) is 3. The monoisotopic (exact) mass is 274 g/mol. The summed E-state index contributed by atoms with van der Waals surface area (Å²) >= 11 is 1.80. The van der Waals surface area contributed by atoms with Gasteiger partial charge in [0.05, 0.1) is 0 Å². The number of carbonyl (C=O) groups excluding carboxylic acids is 1. The van der Waals surface area contributed by atoms with E-state index in [1.807, 2.05) is 0 Å². The van der Waals surface area contributed by atoms with E-state index in [9.17, 15) is 9.59 Å². The Hall–Kier alpha value is -0.910. The van der Waals surface area contributed by atoms with Crippen LogP contribution >= 0.6 is 11.8 Å². The van der Waals surface area contributed by atoms with Gasteiger partial charge in [-0.05, 0) is 26.0 Å². The summed E-state index contributed by atoms with van der Waals surface area (Å²) in [5.41, 5.74) is 0. The van der Waals surface area contributed by atoms with Crippen LogP contribution in [0.25, 0.3) is 0 Å². The summed E-state index contributed by atoms with van der Waals surface area (Å²) < 4.78 is 0.127. The minimum atomic E-state index is -1.03. The molecule has 0 aromatic heterocycles. The fraction of sp³-hybridized carbons (Fsp3) is 0.833. The molecule has 3 N–H and O–H groups in total. The number of nitrogens with one attached hydrogen (secondary N) is 2. The van der Waals surface area contributed by atoms with Crippen molar-refractivity contribution in [1.29, 1.82) is 0 Å². The quantitative estimate of drug-likeness (QED) is 0.714. The van der Waals surface area contributed by atoms with E-state index in [-0.39, 0.29) is 4.75 Å². The minimum Gasteiger partial charge on any atom is -0.480 e. The zero-order chi connectivity index (χ0) is 13.6. The molecule has 0 radical (unpaired) electrons. The van der Waals surface area contributed by atoms with Crippen LogP contribution in [0.3, 0.4) is 0 Å². The van der Waals surface area contributed by atoms with Crippen molar-refractivity contribution in [3.8, 4) is 0 Å². The van der Waals surface area contributed by atoms with Crippen molar-refractivity contribution in [3.05, 3.63) is 0 Å². The molecule has 0 aliphatic heterocycles. The summed E-state index contributed by atoms with van der Waals surface area (Å²) in [5.74, 6) is -1.03. The van der Waals surface area contributed by atoms with E-state index in [4.69, 9.17) is 5.11 Å². The van der Waals surface area contributed by atoms with Gasteiger partial charge in [0.1, 0.15) is 6.04 Å². The Morgan fingerprint density at radius 1 is 1.33 bits per heavy atom. The molecule has 5 nitrogen and oxygen atoms in total. The standard InChI is InChI=1S/C12H22N2O3S/c1-9(10(15)16)14-11(17)13-8-12(18-2)6-4-3-5-7-12/h9H,3-8H2,1-2H3,(H,15,16)(H2,13,14,17)/t9-/m0/s1. The molecule has 1 rings (SSSR count). The van der Waals surface area contributed by atoms with Crippen molar-refractivity contribution in [2.45, 2.75) is 49.8 Å². The van der Waals surface area contributed by atoms with E-state index >= 15 is 0 Å². The molecule has 0 saturated heterocycles. The molecule has 0 spiro atoms. The van der Waals surface area contributed by atoms with Gasteiger partial charge >= 0.3 is 12.0 Å². The van der Waals surface area contributed by atoms with E-state index in [0.29, 0.717) is 6.54 Å². The lowest BCUT2D eigenvalue weighted by atomic mass is 9.88. The molecule has 1 atom stereocenters. The number of urea groups is 1. The summed E-state index contributed by atoms with van der Waals surface area (Å²) in [6.45, 7) is 2.05. The van der Waals surface area contributed by atoms with Gasteiger partial charge < -0.3 is 15.7 Å². The molecule has 1 saturated carbocycles. The molecule has 1 aliphatic carbocycles. The average Bonchev–Trinajstić information content (AvgIpc) is 2.37. The summed E-state index contributed by atoms with van der Waals surface area (Å²) in [5, 5.41) is 13.9. The van der Waals surface area contributed by atoms with E-state index in [2.05, 4.69) is 16.9 Å². The Morgan fingerprint density at radius 3 is 2.44 bits per heavy atom. The van der Waals surface area contributed by atoms with Gasteiger partial charge in [-0.15, -0.1) is 0 Å². The number of hydrogen-bond acceptors (Lipinski definition) is 3. The van der Waals surface area contributed by atoms with Gasteiger partial charge in [-0.1, -0.05) is 19.3 Å². The number of thioether (sulfide) groups is 1. The van der Waals surface area contributed by atoms with Gasteiger partial charge in [0.2, 0.25) is 0 Å². The first kappa shape index (κ1) is 15.1. The fourth-order valence-corrected chi connectivity index (χ4v) is 3.11. The first-order valence-electron chi connectivity index (χ1n) is 6.31. The molecule has 6 heteroatoms. The predicted octanol–water partition coefficient (Wildman–Crippen LogP) is 1.82. The maximum Gasteiger partial charge on any atom is 0.325 e. The van der Waals surface area contributed by atoms with Crippen LogP contribution in [0.5, 0.6) is 0 Å². The van der Waals surface area contributed by atoms with Crippen LogP contribution in [0.15, 0.2) is 0 Å². The molecule has 0 aromatic rings. The van der Waals surface area contributed by atoms with Gasteiger partial charge in [0.25, 0.3) is 0 Å². The summed E-state index contributed by atoms with van der Waals surface area (Å²) in [6.07, 6.45) is 7.98. The normalized spacial score (nSPS) is 19.9. The lowest BCUT2D eigenvalue weighted by Crippen LogP contribution is -2.49. The number of carboxylic acids is 1. The number of carbonyl (C=O) groups is 2. The third kappa shape index (κ3) is 4.40. The molecule has 1 fully saturated rings. The van der Waals surface area contributed by atoms with Crippen molar-refractivity contribution >= 4 is 23.8 Å². The highest BCUT2D eigenvalue weighted by Gasteiger charge is 2.31. The Kier molecular flexibility index (Phi) is 5.78. The van der Waals surface area contributed by atoms with Crippen LogP contribution in [0.4, 0.5) is 4.79 Å². The van der Waals surface area contributed by atoms with E-state index in [1.54, 1.807) is 11.8 Å². The molecule has 18 heavy (non-hydrogen) atoms. The van der Waals surface area contributed by atoms with Gasteiger partial charge in [-0.3, -0.25) is 4.79 Å². The van der Waals surface area contributed by atoms with Crippen molar-refractivity contribution in [2.24, 2.45) is 0 Å². The molecule has 0 unspecified atom stereocenters. The Bertz CT molecular complexity index is 304. The predicted molar refractivity (Wildman–Crippen MR) is 73.0 cm³/mol. The van der Waals surface area contributed by atoms with Crippen LogP contribution in [0.1, 0.15) is 39.0 Å². The second-order valence-electron chi connectivity index (χ2n) is 4.83. The molecule has 0 aromatic carbocycles. The first-order valence-corrected chi connectivity index (χ1v) is 7.54. The number of carboxylic acid groups (broad SMARTS) is 1. The van der Waals surface area contributed by atoms with Crippen LogP contribution in [-0.2, 0) is 4.79 Å². The molecule has 104 valence electrons. The Balaban J connectivity index is 2.38.